The van der Waals surface area contributed by atoms with E-state index >= 15 is 0 Å². The first-order valence-corrected chi connectivity index (χ1v) is 4.49. The third-order valence-electron chi connectivity index (χ3n) is 1.14. The van der Waals surface area contributed by atoms with E-state index < -0.39 is 4.92 Å². The zero-order valence-corrected chi connectivity index (χ0v) is 8.18. The van der Waals surface area contributed by atoms with Gasteiger partial charge in [-0.3, -0.25) is 10.1 Å². The van der Waals surface area contributed by atoms with E-state index in [9.17, 15) is 14.0 Å². The van der Waals surface area contributed by atoms with Crippen LogP contribution >= 0.6 is 12.1 Å². The number of benzene rings is 1. The molecule has 1 rings (SSSR count). The van der Waals surface area contributed by atoms with E-state index in [-0.39, 0.29) is 17.8 Å². The summed E-state index contributed by atoms with van der Waals surface area (Å²) in [7, 11) is 0. The fourth-order valence-electron chi connectivity index (χ4n) is 0.619. The summed E-state index contributed by atoms with van der Waals surface area (Å²) in [5, 5.41) is 10.1. The lowest BCUT2D eigenvalue weighted by atomic mass is 10.3. The predicted octanol–water partition coefficient (Wildman–Crippen LogP) is 3.60. The summed E-state index contributed by atoms with van der Waals surface area (Å²) >= 11 is 0.0666. The molecule has 0 saturated carbocycles. The minimum Gasteiger partial charge on any atom is -0.258 e. The van der Waals surface area contributed by atoms with E-state index in [1.807, 2.05) is 13.8 Å². The second-order valence-electron chi connectivity index (χ2n) is 1.83. The van der Waals surface area contributed by atoms with E-state index in [1.54, 1.807) is 0 Å². The number of nitro benzene ring substituents is 1. The number of halogens is 1. The van der Waals surface area contributed by atoms with Gasteiger partial charge < -0.3 is 0 Å². The Morgan fingerprint density at radius 3 is 2.08 bits per heavy atom. The molecule has 0 unspecified atom stereocenters. The third kappa shape index (κ3) is 3.89. The minimum absolute atomic E-state index is 0.0252. The predicted molar refractivity (Wildman–Crippen MR) is 51.4 cm³/mol. The first-order chi connectivity index (χ1) is 6.24. The molecule has 1 aromatic rings. The van der Waals surface area contributed by atoms with Crippen LogP contribution in [0.5, 0.6) is 0 Å². The van der Waals surface area contributed by atoms with Crippen molar-refractivity contribution in [1.29, 1.82) is 0 Å². The van der Waals surface area contributed by atoms with Gasteiger partial charge in [-0.15, -0.1) is 0 Å². The number of non-ortho nitro benzene ring substituents is 1. The Bertz CT molecular complexity index is 263. The van der Waals surface area contributed by atoms with Crippen molar-refractivity contribution in [3.63, 3.8) is 0 Å². The first-order valence-electron chi connectivity index (χ1n) is 3.77. The second-order valence-corrected chi connectivity index (χ2v) is 2.45. The Kier molecular flexibility index (Phi) is 5.88. The van der Waals surface area contributed by atoms with Crippen LogP contribution in [0.4, 0.5) is 9.57 Å². The quantitative estimate of drug-likeness (QED) is 0.544. The molecule has 0 aliphatic heterocycles. The Morgan fingerprint density at radius 2 is 1.77 bits per heavy atom. The molecule has 0 radical (unpaired) electrons. The molecule has 0 fully saturated rings. The Labute approximate surface area is 80.4 Å². The maximum atomic E-state index is 11.8. The molecular formula is C8H10FNO2S. The van der Waals surface area contributed by atoms with Gasteiger partial charge in [0.1, 0.15) is 0 Å². The van der Waals surface area contributed by atoms with Gasteiger partial charge in [0.05, 0.1) is 17.1 Å². The van der Waals surface area contributed by atoms with Gasteiger partial charge in [-0.25, -0.2) is 0 Å². The van der Waals surface area contributed by atoms with Crippen molar-refractivity contribution in [2.75, 3.05) is 0 Å². The molecule has 0 heterocycles. The first kappa shape index (κ1) is 11.9. The summed E-state index contributed by atoms with van der Waals surface area (Å²) in [5.41, 5.74) is -0.0252. The van der Waals surface area contributed by atoms with Gasteiger partial charge in [0.25, 0.3) is 5.69 Å². The topological polar surface area (TPSA) is 43.1 Å². The number of nitro groups is 1. The average molecular weight is 203 g/mol. The average Bonchev–Trinajstić information content (AvgIpc) is 2.21. The van der Waals surface area contributed by atoms with Gasteiger partial charge in [0.2, 0.25) is 0 Å². The molecule has 0 aromatic heterocycles. The van der Waals surface area contributed by atoms with Gasteiger partial charge in [-0.05, 0) is 12.1 Å². The number of rotatable bonds is 2. The fraction of sp³-hybridized carbons (Fsp3) is 0.250. The summed E-state index contributed by atoms with van der Waals surface area (Å²) < 4.78 is 11.8. The summed E-state index contributed by atoms with van der Waals surface area (Å²) in [6.07, 6.45) is 0. The molecule has 0 saturated heterocycles. The molecule has 0 N–H and O–H groups in total. The van der Waals surface area contributed by atoms with Crippen LogP contribution in [0.2, 0.25) is 0 Å². The van der Waals surface area contributed by atoms with Crippen molar-refractivity contribution in [1.82, 2.24) is 0 Å². The molecule has 0 amide bonds. The van der Waals surface area contributed by atoms with Crippen molar-refractivity contribution in [2.24, 2.45) is 0 Å². The number of hydrogen-bond donors (Lipinski definition) is 0. The lowest BCUT2D eigenvalue weighted by Gasteiger charge is -1.91. The molecule has 72 valence electrons. The van der Waals surface area contributed by atoms with Crippen LogP contribution in [0.3, 0.4) is 0 Å². The van der Waals surface area contributed by atoms with Gasteiger partial charge >= 0.3 is 0 Å². The normalized spacial score (nSPS) is 8.54. The molecule has 0 atom stereocenters. The summed E-state index contributed by atoms with van der Waals surface area (Å²) in [6, 6.07) is 5.26. The molecule has 13 heavy (non-hydrogen) atoms. The summed E-state index contributed by atoms with van der Waals surface area (Å²) in [5.74, 6) is 0. The van der Waals surface area contributed by atoms with Crippen LogP contribution in [0, 0.1) is 10.1 Å². The van der Waals surface area contributed by atoms with E-state index in [0.717, 1.165) is 0 Å². The monoisotopic (exact) mass is 203 g/mol. The highest BCUT2D eigenvalue weighted by Gasteiger charge is 2.03. The molecule has 0 spiro atoms. The summed E-state index contributed by atoms with van der Waals surface area (Å²) in [6.45, 7) is 4.00. The molecule has 3 nitrogen and oxygen atoms in total. The van der Waals surface area contributed by atoms with Crippen LogP contribution in [-0.2, 0) is 0 Å². The Hall–Kier alpha value is -1.10. The van der Waals surface area contributed by atoms with Crippen LogP contribution in [-0.4, -0.2) is 4.92 Å². The Morgan fingerprint density at radius 1 is 1.31 bits per heavy atom. The molecule has 0 aliphatic rings. The van der Waals surface area contributed by atoms with Gasteiger partial charge in [-0.2, -0.15) is 3.89 Å². The van der Waals surface area contributed by atoms with Crippen molar-refractivity contribution >= 4 is 17.8 Å². The largest absolute Gasteiger partial charge is 0.269 e. The third-order valence-corrected chi connectivity index (χ3v) is 1.59. The molecule has 0 bridgehead atoms. The van der Waals surface area contributed by atoms with E-state index in [1.165, 1.54) is 24.3 Å². The van der Waals surface area contributed by atoms with Gasteiger partial charge in [-0.1, -0.05) is 13.8 Å². The fourth-order valence-corrected chi connectivity index (χ4v) is 0.858. The maximum Gasteiger partial charge on any atom is 0.269 e. The van der Waals surface area contributed by atoms with E-state index in [2.05, 4.69) is 0 Å². The zero-order chi connectivity index (χ0) is 10.3. The van der Waals surface area contributed by atoms with Crippen molar-refractivity contribution < 1.29 is 8.81 Å². The van der Waals surface area contributed by atoms with Crippen LogP contribution in [0.15, 0.2) is 29.2 Å². The number of nitrogens with zero attached hydrogens (tertiary/aromatic N) is 1. The highest BCUT2D eigenvalue weighted by Crippen LogP contribution is 2.21. The SMILES string of the molecule is CC.O=[N+]([O-])c1ccc(SF)cc1. The molecule has 5 heteroatoms. The summed E-state index contributed by atoms with van der Waals surface area (Å²) in [4.78, 5) is 9.96. The van der Waals surface area contributed by atoms with Crippen molar-refractivity contribution in [3.05, 3.63) is 34.4 Å². The highest BCUT2D eigenvalue weighted by molar-refractivity contribution is 7.94. The lowest BCUT2D eigenvalue weighted by molar-refractivity contribution is -0.384. The standard InChI is InChI=1S/C6H4FNO2S.C2H6/c7-11-6-3-1-5(2-4-6)8(9)10;1-2/h1-4H;1-2H3. The van der Waals surface area contributed by atoms with E-state index in [0.29, 0.717) is 4.90 Å². The van der Waals surface area contributed by atoms with Crippen LogP contribution < -0.4 is 0 Å². The maximum absolute atomic E-state index is 11.8. The van der Waals surface area contributed by atoms with Crippen LogP contribution in [0.1, 0.15) is 13.8 Å². The van der Waals surface area contributed by atoms with Crippen molar-refractivity contribution in [2.45, 2.75) is 18.7 Å². The van der Waals surface area contributed by atoms with Gasteiger partial charge in [0.15, 0.2) is 0 Å². The minimum atomic E-state index is -0.521. The molecule has 0 aliphatic carbocycles. The van der Waals surface area contributed by atoms with Crippen LogP contribution in [0.25, 0.3) is 0 Å². The van der Waals surface area contributed by atoms with Crippen molar-refractivity contribution in [3.8, 4) is 0 Å². The second kappa shape index (κ2) is 6.42. The number of hydrogen-bond acceptors (Lipinski definition) is 3. The Balaban J connectivity index is 0.000000671. The van der Waals surface area contributed by atoms with Gasteiger partial charge in [0, 0.05) is 17.0 Å². The lowest BCUT2D eigenvalue weighted by Crippen LogP contribution is -1.85. The molecular weight excluding hydrogens is 193 g/mol. The highest BCUT2D eigenvalue weighted by atomic mass is 32.2. The van der Waals surface area contributed by atoms with E-state index in [4.69, 9.17) is 0 Å². The smallest absolute Gasteiger partial charge is 0.258 e. The zero-order valence-electron chi connectivity index (χ0n) is 7.36. The molecule has 1 aromatic carbocycles.